The summed E-state index contributed by atoms with van der Waals surface area (Å²) in [6.07, 6.45) is -0.959. The zero-order valence-corrected chi connectivity index (χ0v) is 13.5. The summed E-state index contributed by atoms with van der Waals surface area (Å²) in [5, 5.41) is 0. The molecule has 7 heteroatoms. The normalized spacial score (nSPS) is 11.7. The molecule has 0 amide bonds. The van der Waals surface area contributed by atoms with Crippen LogP contribution in [-0.2, 0) is 29.1 Å². The molecule has 0 spiro atoms. The molecule has 0 saturated heterocycles. The van der Waals surface area contributed by atoms with Crippen molar-refractivity contribution in [2.75, 3.05) is 6.61 Å². The Morgan fingerprint density at radius 3 is 2.05 bits per heavy atom. The maximum absolute atomic E-state index is 11.6. The van der Waals surface area contributed by atoms with Gasteiger partial charge in [-0.15, -0.1) is 0 Å². The first-order chi connectivity index (χ1) is 9.47. The molecule has 0 aliphatic rings. The van der Waals surface area contributed by atoms with E-state index in [0.717, 1.165) is 0 Å². The van der Waals surface area contributed by atoms with E-state index in [1.165, 1.54) is 0 Å². The Kier molecular flexibility index (Phi) is 7.38. The van der Waals surface area contributed by atoms with Gasteiger partial charge in [0.25, 0.3) is 0 Å². The van der Waals surface area contributed by atoms with Crippen molar-refractivity contribution in [2.24, 2.45) is 0 Å². The molecule has 7 nitrogen and oxygen atoms in total. The zero-order valence-electron chi connectivity index (χ0n) is 13.5. The number of ether oxygens (including phenoxy) is 1. The van der Waals surface area contributed by atoms with Gasteiger partial charge in [0.2, 0.25) is 0 Å². The molecule has 0 aromatic rings. The lowest BCUT2D eigenvalue weighted by molar-refractivity contribution is -0.396. The molecule has 0 fully saturated rings. The molecule has 0 unspecified atom stereocenters. The Hall–Kier alpha value is -1.60. The number of carbonyl (C=O) groups excluding carboxylic acids is 2. The van der Waals surface area contributed by atoms with Crippen molar-refractivity contribution in [1.82, 2.24) is 0 Å². The molecule has 0 aromatic heterocycles. The van der Waals surface area contributed by atoms with Crippen molar-refractivity contribution >= 4 is 12.1 Å². The van der Waals surface area contributed by atoms with Crippen LogP contribution in [0.4, 0.5) is 4.79 Å². The highest BCUT2D eigenvalue weighted by Crippen LogP contribution is 2.23. The van der Waals surface area contributed by atoms with Crippen molar-refractivity contribution < 1.29 is 33.9 Å². The summed E-state index contributed by atoms with van der Waals surface area (Å²) in [5.74, 6) is -0.879. The fourth-order valence-electron chi connectivity index (χ4n) is 1.13. The molecule has 0 aromatic carbocycles. The van der Waals surface area contributed by atoms with E-state index < -0.39 is 23.3 Å². The minimum Gasteiger partial charge on any atom is -0.432 e. The predicted molar refractivity (Wildman–Crippen MR) is 74.0 cm³/mol. The second-order valence-corrected chi connectivity index (χ2v) is 5.96. The van der Waals surface area contributed by atoms with Crippen LogP contribution in [0.3, 0.4) is 0 Å². The van der Waals surface area contributed by atoms with Crippen LogP contribution in [0.25, 0.3) is 0 Å². The number of hydrogen-bond donors (Lipinski definition) is 0. The molecule has 0 N–H and O–H groups in total. The Morgan fingerprint density at radius 2 is 1.57 bits per heavy atom. The van der Waals surface area contributed by atoms with Crippen molar-refractivity contribution in [1.29, 1.82) is 0 Å². The lowest BCUT2D eigenvalue weighted by Crippen LogP contribution is -2.32. The van der Waals surface area contributed by atoms with Crippen molar-refractivity contribution in [3.05, 3.63) is 12.2 Å². The van der Waals surface area contributed by atoms with Gasteiger partial charge in [0.1, 0.15) is 5.60 Å². The summed E-state index contributed by atoms with van der Waals surface area (Å²) >= 11 is 0. The van der Waals surface area contributed by atoms with Crippen LogP contribution in [0, 0.1) is 0 Å². The van der Waals surface area contributed by atoms with Gasteiger partial charge in [-0.25, -0.2) is 24.3 Å². The quantitative estimate of drug-likeness (QED) is 0.323. The summed E-state index contributed by atoms with van der Waals surface area (Å²) in [4.78, 5) is 41.4. The lowest BCUT2D eigenvalue weighted by Gasteiger charge is -2.28. The number of hydrogen-bond acceptors (Lipinski definition) is 7. The molecule has 0 radical (unpaired) electrons. The largest absolute Gasteiger partial charge is 0.549 e. The van der Waals surface area contributed by atoms with E-state index in [9.17, 15) is 9.59 Å². The Labute approximate surface area is 125 Å². The van der Waals surface area contributed by atoms with Crippen LogP contribution < -0.4 is 0 Å². The summed E-state index contributed by atoms with van der Waals surface area (Å²) in [5.41, 5.74) is -1.21. The van der Waals surface area contributed by atoms with E-state index >= 15 is 0 Å². The van der Waals surface area contributed by atoms with Gasteiger partial charge in [-0.05, 0) is 41.5 Å². The lowest BCUT2D eigenvalue weighted by atomic mass is 10.00. The van der Waals surface area contributed by atoms with Crippen LogP contribution in [0.5, 0.6) is 0 Å². The maximum Gasteiger partial charge on any atom is 0.549 e. The Bertz CT molecular complexity index is 379. The minimum absolute atomic E-state index is 0.0711. The molecule has 0 saturated carbocycles. The zero-order chi connectivity index (χ0) is 16.7. The number of rotatable bonds is 6. The molecule has 122 valence electrons. The van der Waals surface area contributed by atoms with E-state index in [0.29, 0.717) is 0 Å². The van der Waals surface area contributed by atoms with Crippen LogP contribution in [0.2, 0.25) is 0 Å². The summed E-state index contributed by atoms with van der Waals surface area (Å²) in [6.45, 7) is 14.2. The second kappa shape index (κ2) is 7.99. The highest BCUT2D eigenvalue weighted by molar-refractivity contribution is 5.87. The van der Waals surface area contributed by atoms with E-state index in [4.69, 9.17) is 9.78 Å². The molecular weight excluding hydrogens is 280 g/mol. The summed E-state index contributed by atoms with van der Waals surface area (Å²) < 4.78 is 4.44. The summed E-state index contributed by atoms with van der Waals surface area (Å²) in [6, 6.07) is 0. The maximum atomic E-state index is 11.6. The van der Waals surface area contributed by atoms with Gasteiger partial charge in [-0.3, -0.25) is 0 Å². The van der Waals surface area contributed by atoms with E-state index in [-0.39, 0.29) is 18.6 Å². The first-order valence-electron chi connectivity index (χ1n) is 6.57. The third-order valence-electron chi connectivity index (χ3n) is 1.89. The Balaban J connectivity index is 4.27. The molecule has 0 aliphatic carbocycles. The fraction of sp³-hybridized carbons (Fsp3) is 0.714. The van der Waals surface area contributed by atoms with Crippen LogP contribution in [-0.4, -0.2) is 29.9 Å². The minimum atomic E-state index is -1.09. The molecule has 0 aliphatic heterocycles. The van der Waals surface area contributed by atoms with Gasteiger partial charge in [0, 0.05) is 12.0 Å². The standard InChI is InChI=1S/C14H24O7/c1-8-17-12(16)19-18-11(15)10(2)9-14(6,7)21-20-13(3,4)5/h2,8-9H2,1,3-7H3. The van der Waals surface area contributed by atoms with Gasteiger partial charge in [-0.1, -0.05) is 6.58 Å². The molecular formula is C14H24O7. The van der Waals surface area contributed by atoms with E-state index in [1.54, 1.807) is 20.8 Å². The third kappa shape index (κ3) is 9.86. The molecule has 0 atom stereocenters. The van der Waals surface area contributed by atoms with E-state index in [1.807, 2.05) is 20.8 Å². The first kappa shape index (κ1) is 19.4. The van der Waals surface area contributed by atoms with Crippen molar-refractivity contribution in [2.45, 2.75) is 59.2 Å². The van der Waals surface area contributed by atoms with Crippen LogP contribution in [0.1, 0.15) is 48.0 Å². The van der Waals surface area contributed by atoms with Gasteiger partial charge in [-0.2, -0.15) is 4.79 Å². The average Bonchev–Trinajstić information content (AvgIpc) is 2.32. The Morgan fingerprint density at radius 1 is 1.00 bits per heavy atom. The third-order valence-corrected chi connectivity index (χ3v) is 1.89. The fourth-order valence-corrected chi connectivity index (χ4v) is 1.13. The molecule has 0 bridgehead atoms. The van der Waals surface area contributed by atoms with Crippen molar-refractivity contribution in [3.8, 4) is 0 Å². The number of carbonyl (C=O) groups is 2. The van der Waals surface area contributed by atoms with Gasteiger partial charge < -0.3 is 4.74 Å². The topological polar surface area (TPSA) is 80.3 Å². The van der Waals surface area contributed by atoms with Gasteiger partial charge in [0.15, 0.2) is 0 Å². The second-order valence-electron chi connectivity index (χ2n) is 5.96. The molecule has 0 rings (SSSR count). The molecule has 21 heavy (non-hydrogen) atoms. The van der Waals surface area contributed by atoms with Gasteiger partial charge >= 0.3 is 12.1 Å². The highest BCUT2D eigenvalue weighted by atomic mass is 17.2. The SMILES string of the molecule is C=C(CC(C)(C)OOC(C)(C)C)C(=O)OOC(=O)OCC. The first-order valence-corrected chi connectivity index (χ1v) is 6.57. The van der Waals surface area contributed by atoms with Crippen LogP contribution >= 0.6 is 0 Å². The smallest absolute Gasteiger partial charge is 0.432 e. The van der Waals surface area contributed by atoms with Gasteiger partial charge in [0.05, 0.1) is 12.2 Å². The summed E-state index contributed by atoms with van der Waals surface area (Å²) in [7, 11) is 0. The highest BCUT2D eigenvalue weighted by Gasteiger charge is 2.28. The average molecular weight is 304 g/mol. The predicted octanol–water partition coefficient (Wildman–Crippen LogP) is 3.09. The van der Waals surface area contributed by atoms with E-state index in [2.05, 4.69) is 21.1 Å². The molecule has 0 heterocycles. The monoisotopic (exact) mass is 304 g/mol. The van der Waals surface area contributed by atoms with Crippen LogP contribution in [0.15, 0.2) is 12.2 Å². The van der Waals surface area contributed by atoms with Crippen molar-refractivity contribution in [3.63, 3.8) is 0 Å².